The Bertz CT molecular complexity index is 322. The van der Waals surface area contributed by atoms with Gasteiger partial charge in [0.2, 0.25) is 0 Å². The van der Waals surface area contributed by atoms with E-state index in [1.165, 1.54) is 18.4 Å². The molecule has 1 rings (SSSR count). The number of rotatable bonds is 4. The van der Waals surface area contributed by atoms with Crippen LogP contribution in [-0.4, -0.2) is 0 Å². The highest BCUT2D eigenvalue weighted by Gasteiger charge is 2.08. The highest BCUT2D eigenvalue weighted by Crippen LogP contribution is 2.24. The van der Waals surface area contributed by atoms with Crippen LogP contribution < -0.4 is 0 Å². The smallest absolute Gasteiger partial charge is 0.0991 e. The van der Waals surface area contributed by atoms with E-state index in [4.69, 9.17) is 5.26 Å². The Morgan fingerprint density at radius 1 is 1.36 bits per heavy atom. The molecule has 1 nitrogen and oxygen atoms in total. The van der Waals surface area contributed by atoms with Gasteiger partial charge >= 0.3 is 0 Å². The topological polar surface area (TPSA) is 23.8 Å². The fourth-order valence-electron chi connectivity index (χ4n) is 1.82. The second kappa shape index (κ2) is 5.44. The average molecular weight is 187 g/mol. The summed E-state index contributed by atoms with van der Waals surface area (Å²) in [5.74, 6) is 0.619. The molecule has 0 spiro atoms. The maximum Gasteiger partial charge on any atom is 0.0991 e. The molecule has 0 fully saturated rings. The molecule has 0 N–H and O–H groups in total. The van der Waals surface area contributed by atoms with Crippen LogP contribution in [0.3, 0.4) is 0 Å². The predicted octanol–water partition coefficient (Wildman–Crippen LogP) is 3.85. The monoisotopic (exact) mass is 187 g/mol. The molecule has 0 heterocycles. The van der Waals surface area contributed by atoms with E-state index < -0.39 is 0 Å². The SMILES string of the molecule is CCCC(CC)c1cccc(C#N)c1. The van der Waals surface area contributed by atoms with Gasteiger partial charge in [0.1, 0.15) is 0 Å². The molecule has 0 aromatic heterocycles. The Morgan fingerprint density at radius 3 is 2.71 bits per heavy atom. The third-order valence-electron chi connectivity index (χ3n) is 2.62. The van der Waals surface area contributed by atoms with Crippen LogP contribution in [0.25, 0.3) is 0 Å². The number of hydrogen-bond donors (Lipinski definition) is 0. The van der Waals surface area contributed by atoms with Gasteiger partial charge in [0.25, 0.3) is 0 Å². The molecule has 1 aromatic carbocycles. The van der Waals surface area contributed by atoms with Gasteiger partial charge in [0, 0.05) is 0 Å². The van der Waals surface area contributed by atoms with Crippen molar-refractivity contribution in [2.45, 2.75) is 39.0 Å². The summed E-state index contributed by atoms with van der Waals surface area (Å²) in [5, 5.41) is 8.80. The van der Waals surface area contributed by atoms with Gasteiger partial charge < -0.3 is 0 Å². The van der Waals surface area contributed by atoms with Gasteiger partial charge in [-0.1, -0.05) is 32.4 Å². The minimum atomic E-state index is 0.619. The molecule has 74 valence electrons. The largest absolute Gasteiger partial charge is 0.192 e. The summed E-state index contributed by atoms with van der Waals surface area (Å²) in [6.45, 7) is 4.41. The molecule has 0 saturated heterocycles. The van der Waals surface area contributed by atoms with Crippen LogP contribution in [0, 0.1) is 11.3 Å². The molecule has 1 atom stereocenters. The summed E-state index contributed by atoms with van der Waals surface area (Å²) >= 11 is 0. The molecule has 0 bridgehead atoms. The van der Waals surface area contributed by atoms with E-state index in [9.17, 15) is 0 Å². The van der Waals surface area contributed by atoms with Crippen molar-refractivity contribution in [2.24, 2.45) is 0 Å². The van der Waals surface area contributed by atoms with Gasteiger partial charge in [-0.2, -0.15) is 5.26 Å². The average Bonchev–Trinajstić information content (AvgIpc) is 2.26. The summed E-state index contributed by atoms with van der Waals surface area (Å²) in [7, 11) is 0. The Morgan fingerprint density at radius 2 is 2.14 bits per heavy atom. The Hall–Kier alpha value is -1.29. The van der Waals surface area contributed by atoms with Crippen LogP contribution in [0.2, 0.25) is 0 Å². The van der Waals surface area contributed by atoms with Gasteiger partial charge in [0.15, 0.2) is 0 Å². The first-order valence-corrected chi connectivity index (χ1v) is 5.31. The van der Waals surface area contributed by atoms with Crippen molar-refractivity contribution in [3.63, 3.8) is 0 Å². The summed E-state index contributed by atoms with van der Waals surface area (Å²) < 4.78 is 0. The molecule has 14 heavy (non-hydrogen) atoms. The number of nitrogens with zero attached hydrogens (tertiary/aromatic N) is 1. The van der Waals surface area contributed by atoms with Crippen molar-refractivity contribution in [2.75, 3.05) is 0 Å². The van der Waals surface area contributed by atoms with Crippen molar-refractivity contribution < 1.29 is 0 Å². The highest BCUT2D eigenvalue weighted by molar-refractivity contribution is 5.34. The molecule has 1 heteroatoms. The van der Waals surface area contributed by atoms with Crippen molar-refractivity contribution in [1.82, 2.24) is 0 Å². The third-order valence-corrected chi connectivity index (χ3v) is 2.62. The normalized spacial score (nSPS) is 12.1. The van der Waals surface area contributed by atoms with Gasteiger partial charge in [-0.25, -0.2) is 0 Å². The number of nitriles is 1. The summed E-state index contributed by atoms with van der Waals surface area (Å²) in [4.78, 5) is 0. The van der Waals surface area contributed by atoms with Crippen LogP contribution >= 0.6 is 0 Å². The van der Waals surface area contributed by atoms with E-state index in [1.54, 1.807) is 0 Å². The fraction of sp³-hybridized carbons (Fsp3) is 0.462. The van der Waals surface area contributed by atoms with Gasteiger partial charge in [0.05, 0.1) is 11.6 Å². The van der Waals surface area contributed by atoms with Crippen molar-refractivity contribution in [3.05, 3.63) is 35.4 Å². The first-order chi connectivity index (χ1) is 6.81. The van der Waals surface area contributed by atoms with Crippen molar-refractivity contribution in [1.29, 1.82) is 5.26 Å². The minimum Gasteiger partial charge on any atom is -0.192 e. The van der Waals surface area contributed by atoms with E-state index in [0.29, 0.717) is 5.92 Å². The lowest BCUT2D eigenvalue weighted by Crippen LogP contribution is -1.96. The van der Waals surface area contributed by atoms with Crippen LogP contribution in [0.4, 0.5) is 0 Å². The van der Waals surface area contributed by atoms with E-state index >= 15 is 0 Å². The molecule has 0 aliphatic heterocycles. The van der Waals surface area contributed by atoms with Crippen molar-refractivity contribution >= 4 is 0 Å². The van der Waals surface area contributed by atoms with Crippen LogP contribution in [0.15, 0.2) is 24.3 Å². The number of benzene rings is 1. The zero-order valence-electron chi connectivity index (χ0n) is 8.96. The molecular weight excluding hydrogens is 170 g/mol. The van der Waals surface area contributed by atoms with Crippen molar-refractivity contribution in [3.8, 4) is 6.07 Å². The third kappa shape index (κ3) is 2.60. The van der Waals surface area contributed by atoms with E-state index in [1.807, 2.05) is 18.2 Å². The molecule has 1 unspecified atom stereocenters. The Labute approximate surface area is 86.4 Å². The van der Waals surface area contributed by atoms with E-state index in [-0.39, 0.29) is 0 Å². The second-order valence-corrected chi connectivity index (χ2v) is 3.63. The molecular formula is C13H17N. The molecule has 0 radical (unpaired) electrons. The quantitative estimate of drug-likeness (QED) is 0.702. The van der Waals surface area contributed by atoms with Crippen LogP contribution in [-0.2, 0) is 0 Å². The molecule has 0 saturated carbocycles. The van der Waals surface area contributed by atoms with E-state index in [2.05, 4.69) is 26.0 Å². The maximum absolute atomic E-state index is 8.80. The standard InChI is InChI=1S/C13H17N/c1-3-6-12(4-2)13-8-5-7-11(9-13)10-14/h5,7-9,12H,3-4,6H2,1-2H3. The zero-order valence-corrected chi connectivity index (χ0v) is 8.96. The minimum absolute atomic E-state index is 0.619. The summed E-state index contributed by atoms with van der Waals surface area (Å²) in [6, 6.07) is 10.2. The first kappa shape index (κ1) is 10.8. The molecule has 0 aliphatic rings. The van der Waals surface area contributed by atoms with Crippen LogP contribution in [0.1, 0.15) is 50.2 Å². The van der Waals surface area contributed by atoms with Crippen LogP contribution in [0.5, 0.6) is 0 Å². The summed E-state index contributed by atoms with van der Waals surface area (Å²) in [5.41, 5.74) is 2.09. The van der Waals surface area contributed by atoms with Gasteiger partial charge in [-0.3, -0.25) is 0 Å². The Balaban J connectivity index is 2.87. The predicted molar refractivity (Wildman–Crippen MR) is 59.1 cm³/mol. The second-order valence-electron chi connectivity index (χ2n) is 3.63. The zero-order chi connectivity index (χ0) is 10.4. The Kier molecular flexibility index (Phi) is 4.19. The molecule has 1 aromatic rings. The van der Waals surface area contributed by atoms with Gasteiger partial charge in [-0.15, -0.1) is 0 Å². The lowest BCUT2D eigenvalue weighted by Gasteiger charge is -2.13. The van der Waals surface area contributed by atoms with Gasteiger partial charge in [-0.05, 0) is 36.5 Å². The number of hydrogen-bond acceptors (Lipinski definition) is 1. The summed E-state index contributed by atoms with van der Waals surface area (Å²) in [6.07, 6.45) is 3.57. The lowest BCUT2D eigenvalue weighted by molar-refractivity contribution is 0.596. The first-order valence-electron chi connectivity index (χ1n) is 5.31. The lowest BCUT2D eigenvalue weighted by atomic mass is 9.91. The fourth-order valence-corrected chi connectivity index (χ4v) is 1.82. The highest BCUT2D eigenvalue weighted by atomic mass is 14.2. The molecule has 0 aliphatic carbocycles. The van der Waals surface area contributed by atoms with E-state index in [0.717, 1.165) is 12.0 Å². The molecule has 0 amide bonds. The maximum atomic E-state index is 8.80.